The van der Waals surface area contributed by atoms with E-state index in [2.05, 4.69) is 20.0 Å². The van der Waals surface area contributed by atoms with Gasteiger partial charge in [-0.25, -0.2) is 14.1 Å². The highest BCUT2D eigenvalue weighted by atomic mass is 32.1. The molecular formula is C18H18FN5S. The molecule has 0 atom stereocenters. The fourth-order valence-corrected chi connectivity index (χ4v) is 3.33. The Hall–Kier alpha value is -2.38. The molecule has 0 bridgehead atoms. The van der Waals surface area contributed by atoms with Crippen molar-refractivity contribution in [2.24, 2.45) is 0 Å². The number of rotatable bonds is 3. The summed E-state index contributed by atoms with van der Waals surface area (Å²) in [4.78, 5) is 9.75. The van der Waals surface area contributed by atoms with Crippen molar-refractivity contribution in [3.63, 3.8) is 0 Å². The fourth-order valence-electron chi connectivity index (χ4n) is 3.16. The minimum atomic E-state index is -0.243. The topological polar surface area (TPSA) is 49.7 Å². The summed E-state index contributed by atoms with van der Waals surface area (Å²) in [5.74, 6) is -0.243. The Kier molecular flexibility index (Phi) is 4.19. The minimum Gasteiger partial charge on any atom is -0.334 e. The van der Waals surface area contributed by atoms with Gasteiger partial charge in [0.2, 0.25) is 0 Å². The first-order valence-corrected chi connectivity index (χ1v) is 8.60. The number of hydrogen-bond donors (Lipinski definition) is 1. The molecule has 3 heterocycles. The van der Waals surface area contributed by atoms with Crippen molar-refractivity contribution in [3.05, 3.63) is 69.8 Å². The number of halogens is 1. The van der Waals surface area contributed by atoms with Crippen LogP contribution in [0.15, 0.2) is 36.7 Å². The number of hydrogen-bond acceptors (Lipinski definition) is 4. The Bertz CT molecular complexity index is 960. The van der Waals surface area contributed by atoms with Crippen molar-refractivity contribution in [2.45, 2.75) is 26.4 Å². The van der Waals surface area contributed by atoms with Gasteiger partial charge in [-0.2, -0.15) is 5.10 Å². The molecule has 0 fully saturated rings. The normalized spacial score (nSPS) is 14.5. The van der Waals surface area contributed by atoms with Crippen LogP contribution in [-0.2, 0) is 19.5 Å². The van der Waals surface area contributed by atoms with E-state index in [0.717, 1.165) is 37.4 Å². The highest BCUT2D eigenvalue weighted by Gasteiger charge is 2.19. The van der Waals surface area contributed by atoms with Gasteiger partial charge in [0.15, 0.2) is 4.77 Å². The summed E-state index contributed by atoms with van der Waals surface area (Å²) < 4.78 is 15.4. The molecule has 0 saturated heterocycles. The average molecular weight is 355 g/mol. The molecule has 4 rings (SSSR count). The van der Waals surface area contributed by atoms with E-state index in [-0.39, 0.29) is 5.82 Å². The van der Waals surface area contributed by atoms with Gasteiger partial charge >= 0.3 is 0 Å². The first-order valence-electron chi connectivity index (χ1n) is 8.19. The first-order chi connectivity index (χ1) is 12.1. The van der Waals surface area contributed by atoms with Gasteiger partial charge in [-0.3, -0.25) is 4.90 Å². The van der Waals surface area contributed by atoms with Crippen LogP contribution in [0, 0.1) is 17.5 Å². The molecule has 0 unspecified atom stereocenters. The van der Waals surface area contributed by atoms with Crippen LogP contribution < -0.4 is 0 Å². The van der Waals surface area contributed by atoms with Crippen LogP contribution in [0.1, 0.15) is 22.5 Å². The van der Waals surface area contributed by atoms with Crippen molar-refractivity contribution in [3.8, 4) is 5.69 Å². The Morgan fingerprint density at radius 2 is 2.08 bits per heavy atom. The molecule has 25 heavy (non-hydrogen) atoms. The number of nitrogens with one attached hydrogen (secondary N) is 1. The van der Waals surface area contributed by atoms with Crippen molar-refractivity contribution in [2.75, 3.05) is 6.54 Å². The monoisotopic (exact) mass is 355 g/mol. The highest BCUT2D eigenvalue weighted by molar-refractivity contribution is 7.71. The van der Waals surface area contributed by atoms with Crippen LogP contribution >= 0.6 is 12.2 Å². The van der Waals surface area contributed by atoms with Crippen LogP contribution in [0.5, 0.6) is 0 Å². The van der Waals surface area contributed by atoms with E-state index in [4.69, 9.17) is 12.2 Å². The average Bonchev–Trinajstić information content (AvgIpc) is 2.96. The molecule has 2 aromatic heterocycles. The first kappa shape index (κ1) is 16.1. The van der Waals surface area contributed by atoms with Gasteiger partial charge in [-0.15, -0.1) is 0 Å². The highest BCUT2D eigenvalue weighted by Crippen LogP contribution is 2.20. The van der Waals surface area contributed by atoms with E-state index >= 15 is 0 Å². The zero-order valence-electron chi connectivity index (χ0n) is 13.9. The van der Waals surface area contributed by atoms with Crippen LogP contribution in [0.3, 0.4) is 0 Å². The summed E-state index contributed by atoms with van der Waals surface area (Å²) in [6.45, 7) is 4.63. The number of aromatic nitrogens is 4. The maximum Gasteiger partial charge on any atom is 0.196 e. The van der Waals surface area contributed by atoms with Crippen LogP contribution in [-0.4, -0.2) is 31.2 Å². The van der Waals surface area contributed by atoms with Crippen molar-refractivity contribution < 1.29 is 4.39 Å². The van der Waals surface area contributed by atoms with Gasteiger partial charge < -0.3 is 4.98 Å². The van der Waals surface area contributed by atoms with Gasteiger partial charge in [-0.1, -0.05) is 0 Å². The predicted molar refractivity (Wildman–Crippen MR) is 95.5 cm³/mol. The van der Waals surface area contributed by atoms with E-state index < -0.39 is 0 Å². The van der Waals surface area contributed by atoms with Gasteiger partial charge in [0.25, 0.3) is 0 Å². The van der Waals surface area contributed by atoms with Crippen LogP contribution in [0.2, 0.25) is 0 Å². The number of aryl methyl sites for hydroxylation is 1. The molecule has 0 aliphatic carbocycles. The number of nitrogens with zero attached hydrogens (tertiary/aromatic N) is 4. The molecule has 1 aliphatic rings. The maximum absolute atomic E-state index is 13.1. The third kappa shape index (κ3) is 3.38. The molecule has 1 N–H and O–H groups in total. The summed E-state index contributed by atoms with van der Waals surface area (Å²) in [6.07, 6.45) is 4.83. The second-order valence-corrected chi connectivity index (χ2v) is 6.70. The van der Waals surface area contributed by atoms with Gasteiger partial charge in [-0.05, 0) is 43.4 Å². The fraction of sp³-hybridized carbons (Fsp3) is 0.278. The van der Waals surface area contributed by atoms with Crippen molar-refractivity contribution >= 4 is 12.2 Å². The second kappa shape index (κ2) is 6.50. The Labute approximate surface area is 150 Å². The van der Waals surface area contributed by atoms with Gasteiger partial charge in [0, 0.05) is 55.3 Å². The van der Waals surface area contributed by atoms with E-state index in [1.54, 1.807) is 16.8 Å². The predicted octanol–water partition coefficient (Wildman–Crippen LogP) is 3.33. The number of fused-ring (bicyclic) bond motifs is 1. The molecule has 3 aromatic rings. The standard InChI is InChI=1S/C18H18FN5S/c1-12-14(11-24(22-12)16-4-2-15(19)3-5-16)10-23-7-6-17-13(9-23)8-20-18(25)21-17/h2-5,8,11H,6-7,9-10H2,1H3,(H,20,21,25). The Balaban J connectivity index is 1.53. The number of benzene rings is 1. The van der Waals surface area contributed by atoms with Crippen molar-refractivity contribution in [1.82, 2.24) is 24.6 Å². The summed E-state index contributed by atoms with van der Waals surface area (Å²) in [6, 6.07) is 6.36. The SMILES string of the molecule is Cc1nn(-c2ccc(F)cc2)cc1CN1CCc2[nH]c(=S)ncc2C1. The zero-order valence-corrected chi connectivity index (χ0v) is 14.7. The van der Waals surface area contributed by atoms with Gasteiger partial charge in [0.05, 0.1) is 11.4 Å². The number of H-pyrrole nitrogens is 1. The third-order valence-corrected chi connectivity index (χ3v) is 4.75. The van der Waals surface area contributed by atoms with Crippen LogP contribution in [0.25, 0.3) is 5.69 Å². The summed E-state index contributed by atoms with van der Waals surface area (Å²) >= 11 is 5.09. The van der Waals surface area contributed by atoms with E-state index in [0.29, 0.717) is 4.77 Å². The molecule has 0 radical (unpaired) electrons. The quantitative estimate of drug-likeness (QED) is 0.732. The van der Waals surface area contributed by atoms with Gasteiger partial charge in [0.1, 0.15) is 5.82 Å². The number of aromatic amines is 1. The Morgan fingerprint density at radius 1 is 1.28 bits per heavy atom. The smallest absolute Gasteiger partial charge is 0.196 e. The molecular weight excluding hydrogens is 337 g/mol. The lowest BCUT2D eigenvalue weighted by molar-refractivity contribution is 0.242. The molecule has 5 nitrogen and oxygen atoms in total. The second-order valence-electron chi connectivity index (χ2n) is 6.31. The summed E-state index contributed by atoms with van der Waals surface area (Å²) in [7, 11) is 0. The third-order valence-electron chi connectivity index (χ3n) is 4.54. The maximum atomic E-state index is 13.1. The van der Waals surface area contributed by atoms with Crippen LogP contribution in [0.4, 0.5) is 4.39 Å². The van der Waals surface area contributed by atoms with E-state index in [9.17, 15) is 4.39 Å². The lowest BCUT2D eigenvalue weighted by Crippen LogP contribution is -2.31. The molecule has 7 heteroatoms. The molecule has 0 spiro atoms. The molecule has 1 aromatic carbocycles. The largest absolute Gasteiger partial charge is 0.334 e. The zero-order chi connectivity index (χ0) is 17.4. The molecule has 0 saturated carbocycles. The van der Waals surface area contributed by atoms with E-state index in [1.165, 1.54) is 29.0 Å². The molecule has 0 amide bonds. The summed E-state index contributed by atoms with van der Waals surface area (Å²) in [5, 5.41) is 4.57. The minimum absolute atomic E-state index is 0.243. The summed E-state index contributed by atoms with van der Waals surface area (Å²) in [5.41, 5.74) is 5.40. The van der Waals surface area contributed by atoms with E-state index in [1.807, 2.05) is 19.3 Å². The lowest BCUT2D eigenvalue weighted by Gasteiger charge is -2.27. The Morgan fingerprint density at radius 3 is 2.88 bits per heavy atom. The molecule has 128 valence electrons. The molecule has 1 aliphatic heterocycles. The lowest BCUT2D eigenvalue weighted by atomic mass is 10.1. The van der Waals surface area contributed by atoms with Crippen molar-refractivity contribution in [1.29, 1.82) is 0 Å².